The molecule has 0 unspecified atom stereocenters. The van der Waals surface area contributed by atoms with Crippen molar-refractivity contribution in [1.82, 2.24) is 4.98 Å². The van der Waals surface area contributed by atoms with Gasteiger partial charge in [-0.3, -0.25) is 0 Å². The van der Waals surface area contributed by atoms with Crippen molar-refractivity contribution in [1.29, 1.82) is 0 Å². The number of benzene rings is 1. The van der Waals surface area contributed by atoms with E-state index in [0.717, 1.165) is 15.4 Å². The Morgan fingerprint density at radius 2 is 1.79 bits per heavy atom. The highest BCUT2D eigenvalue weighted by Crippen LogP contribution is 2.32. The van der Waals surface area contributed by atoms with Crippen molar-refractivity contribution in [3.05, 3.63) is 40.5 Å². The molecule has 0 aliphatic rings. The predicted molar refractivity (Wildman–Crippen MR) is 77.9 cm³/mol. The second-order valence-electron chi connectivity index (χ2n) is 5.54. The van der Waals surface area contributed by atoms with E-state index in [1.165, 1.54) is 16.9 Å². The maximum Gasteiger partial charge on any atom is 0.356 e. The molecule has 0 atom stereocenters. The van der Waals surface area contributed by atoms with Crippen LogP contribution in [0.15, 0.2) is 24.3 Å². The summed E-state index contributed by atoms with van der Waals surface area (Å²) in [6.45, 7) is 8.29. The van der Waals surface area contributed by atoms with Crippen LogP contribution in [-0.4, -0.2) is 16.1 Å². The zero-order valence-corrected chi connectivity index (χ0v) is 12.3. The van der Waals surface area contributed by atoms with Crippen LogP contribution < -0.4 is 0 Å². The van der Waals surface area contributed by atoms with Crippen LogP contribution >= 0.6 is 11.3 Å². The molecule has 100 valence electrons. The van der Waals surface area contributed by atoms with Gasteiger partial charge in [-0.25, -0.2) is 9.78 Å². The summed E-state index contributed by atoms with van der Waals surface area (Å²) in [4.78, 5) is 16.0. The number of aromatic carboxylic acids is 1. The van der Waals surface area contributed by atoms with Crippen LogP contribution in [0.4, 0.5) is 0 Å². The summed E-state index contributed by atoms with van der Waals surface area (Å²) >= 11 is 1.42. The van der Waals surface area contributed by atoms with E-state index >= 15 is 0 Å². The Morgan fingerprint density at radius 3 is 2.26 bits per heavy atom. The maximum atomic E-state index is 11.2. The average Bonchev–Trinajstić information content (AvgIpc) is 2.70. The molecule has 0 saturated carbocycles. The first kappa shape index (κ1) is 13.7. The molecule has 0 aliphatic heterocycles. The maximum absolute atomic E-state index is 11.2. The molecule has 1 N–H and O–H groups in total. The number of carboxylic acids is 1. The minimum absolute atomic E-state index is 0.0950. The molecule has 0 saturated heterocycles. The zero-order valence-electron chi connectivity index (χ0n) is 11.5. The molecule has 2 aromatic rings. The molecule has 0 fully saturated rings. The van der Waals surface area contributed by atoms with Crippen molar-refractivity contribution < 1.29 is 9.90 Å². The Balaban J connectivity index is 2.46. The van der Waals surface area contributed by atoms with Gasteiger partial charge in [-0.15, -0.1) is 11.3 Å². The third-order valence-electron chi connectivity index (χ3n) is 2.95. The summed E-state index contributed by atoms with van der Waals surface area (Å²) in [5.74, 6) is -0.973. The molecule has 0 amide bonds. The van der Waals surface area contributed by atoms with Gasteiger partial charge in [-0.2, -0.15) is 0 Å². The number of aromatic nitrogens is 1. The minimum Gasteiger partial charge on any atom is -0.476 e. The highest BCUT2D eigenvalue weighted by Gasteiger charge is 2.18. The van der Waals surface area contributed by atoms with E-state index in [1.54, 1.807) is 0 Å². The molecule has 0 bridgehead atoms. The molecule has 19 heavy (non-hydrogen) atoms. The number of aryl methyl sites for hydroxylation is 1. The molecule has 1 aromatic carbocycles. The van der Waals surface area contributed by atoms with E-state index in [9.17, 15) is 4.79 Å². The van der Waals surface area contributed by atoms with Crippen molar-refractivity contribution in [2.75, 3.05) is 0 Å². The molecule has 2 rings (SSSR count). The molecule has 1 aromatic heterocycles. The van der Waals surface area contributed by atoms with Crippen LogP contribution in [0.1, 0.15) is 41.8 Å². The van der Waals surface area contributed by atoms with Crippen LogP contribution in [0.25, 0.3) is 10.4 Å². The molecule has 0 spiro atoms. The van der Waals surface area contributed by atoms with Crippen molar-refractivity contribution in [3.8, 4) is 10.4 Å². The first-order chi connectivity index (χ1) is 8.79. The Bertz CT molecular complexity index is 606. The van der Waals surface area contributed by atoms with Crippen LogP contribution in [-0.2, 0) is 5.41 Å². The molecular weight excluding hydrogens is 258 g/mol. The van der Waals surface area contributed by atoms with Gasteiger partial charge in [0.1, 0.15) is 0 Å². The monoisotopic (exact) mass is 275 g/mol. The summed E-state index contributed by atoms with van der Waals surface area (Å²) < 4.78 is 0. The fraction of sp³-hybridized carbons (Fsp3) is 0.333. The van der Waals surface area contributed by atoms with Gasteiger partial charge >= 0.3 is 5.97 Å². The lowest BCUT2D eigenvalue weighted by Crippen LogP contribution is -2.10. The quantitative estimate of drug-likeness (QED) is 0.897. The van der Waals surface area contributed by atoms with Crippen LogP contribution in [0.3, 0.4) is 0 Å². The number of thiazole rings is 1. The van der Waals surface area contributed by atoms with E-state index in [2.05, 4.69) is 37.9 Å². The smallest absolute Gasteiger partial charge is 0.356 e. The summed E-state index contributed by atoms with van der Waals surface area (Å²) in [6, 6.07) is 8.05. The second kappa shape index (κ2) is 4.78. The Hall–Kier alpha value is -1.68. The van der Waals surface area contributed by atoms with Crippen molar-refractivity contribution >= 4 is 17.3 Å². The number of rotatable bonds is 2. The van der Waals surface area contributed by atoms with Gasteiger partial charge in [0.25, 0.3) is 0 Å². The van der Waals surface area contributed by atoms with Gasteiger partial charge < -0.3 is 5.11 Å². The van der Waals surface area contributed by atoms with Gasteiger partial charge in [0, 0.05) is 0 Å². The van der Waals surface area contributed by atoms with Gasteiger partial charge in [0.05, 0.1) is 9.88 Å². The molecular formula is C15H17NO2S. The average molecular weight is 275 g/mol. The number of hydrogen-bond acceptors (Lipinski definition) is 3. The largest absolute Gasteiger partial charge is 0.476 e. The normalized spacial score (nSPS) is 11.6. The lowest BCUT2D eigenvalue weighted by atomic mass is 9.86. The number of carbonyl (C=O) groups is 1. The second-order valence-corrected chi connectivity index (χ2v) is 6.75. The minimum atomic E-state index is -0.973. The highest BCUT2D eigenvalue weighted by atomic mass is 32.1. The summed E-state index contributed by atoms with van der Waals surface area (Å²) in [5.41, 5.74) is 2.38. The molecule has 4 heteroatoms. The Morgan fingerprint density at radius 1 is 1.21 bits per heavy atom. The van der Waals surface area contributed by atoms with Crippen LogP contribution in [0.5, 0.6) is 0 Å². The van der Waals surface area contributed by atoms with Crippen molar-refractivity contribution in [2.45, 2.75) is 33.1 Å². The number of hydrogen-bond donors (Lipinski definition) is 1. The first-order valence-corrected chi connectivity index (χ1v) is 6.92. The first-order valence-electron chi connectivity index (χ1n) is 6.10. The third-order valence-corrected chi connectivity index (χ3v) is 3.97. The van der Waals surface area contributed by atoms with E-state index in [-0.39, 0.29) is 11.1 Å². The zero-order chi connectivity index (χ0) is 14.2. The van der Waals surface area contributed by atoms with E-state index in [4.69, 9.17) is 5.11 Å². The fourth-order valence-electron chi connectivity index (χ4n) is 1.89. The van der Waals surface area contributed by atoms with Gasteiger partial charge in [0.2, 0.25) is 0 Å². The summed E-state index contributed by atoms with van der Waals surface area (Å²) in [7, 11) is 0. The van der Waals surface area contributed by atoms with Gasteiger partial charge in [0.15, 0.2) is 5.69 Å². The van der Waals surface area contributed by atoms with Gasteiger partial charge in [-0.05, 0) is 23.5 Å². The number of carboxylic acid groups (broad SMARTS) is 1. The van der Waals surface area contributed by atoms with E-state index in [1.807, 2.05) is 19.1 Å². The third kappa shape index (κ3) is 2.84. The Labute approximate surface area is 116 Å². The lowest BCUT2D eigenvalue weighted by Gasteiger charge is -2.19. The standard InChI is InChI=1S/C15H17NO2S/c1-9-16-12(14(17)18)13(19-9)10-5-7-11(8-6-10)15(2,3)4/h5-8H,1-4H3,(H,17,18). The lowest BCUT2D eigenvalue weighted by molar-refractivity contribution is 0.0692. The fourth-order valence-corrected chi connectivity index (χ4v) is 2.81. The van der Waals surface area contributed by atoms with E-state index in [0.29, 0.717) is 0 Å². The SMILES string of the molecule is Cc1nc(C(=O)O)c(-c2ccc(C(C)(C)C)cc2)s1. The van der Waals surface area contributed by atoms with Crippen LogP contribution in [0, 0.1) is 6.92 Å². The Kier molecular flexibility index (Phi) is 3.45. The summed E-state index contributed by atoms with van der Waals surface area (Å²) in [5, 5.41) is 9.94. The van der Waals surface area contributed by atoms with Crippen molar-refractivity contribution in [2.24, 2.45) is 0 Å². The highest BCUT2D eigenvalue weighted by molar-refractivity contribution is 7.15. The topological polar surface area (TPSA) is 50.2 Å². The van der Waals surface area contributed by atoms with Crippen molar-refractivity contribution in [3.63, 3.8) is 0 Å². The molecule has 0 aliphatic carbocycles. The molecule has 1 heterocycles. The molecule has 3 nitrogen and oxygen atoms in total. The summed E-state index contributed by atoms with van der Waals surface area (Å²) in [6.07, 6.45) is 0. The van der Waals surface area contributed by atoms with E-state index < -0.39 is 5.97 Å². The predicted octanol–water partition coefficient (Wildman–Crippen LogP) is 4.11. The van der Waals surface area contributed by atoms with Crippen LogP contribution in [0.2, 0.25) is 0 Å². The molecule has 0 radical (unpaired) electrons. The van der Waals surface area contributed by atoms with Gasteiger partial charge in [-0.1, -0.05) is 45.0 Å². The number of nitrogens with zero attached hydrogens (tertiary/aromatic N) is 1.